The van der Waals surface area contributed by atoms with Gasteiger partial charge >= 0.3 is 0 Å². The summed E-state index contributed by atoms with van der Waals surface area (Å²) in [5, 5.41) is 2.57. The van der Waals surface area contributed by atoms with Crippen LogP contribution in [0.5, 0.6) is 17.2 Å². The van der Waals surface area contributed by atoms with Crippen LogP contribution in [-0.2, 0) is 9.53 Å². The Morgan fingerprint density at radius 1 is 1.08 bits per heavy atom. The van der Waals surface area contributed by atoms with E-state index in [-0.39, 0.29) is 12.5 Å². The molecule has 0 spiro atoms. The maximum absolute atomic E-state index is 13.3. The molecule has 0 N–H and O–H groups in total. The van der Waals surface area contributed by atoms with Gasteiger partial charge in [0.15, 0.2) is 11.7 Å². The van der Waals surface area contributed by atoms with Crippen LogP contribution in [0.25, 0.3) is 11.3 Å². The van der Waals surface area contributed by atoms with E-state index in [1.807, 2.05) is 54.8 Å². The summed E-state index contributed by atoms with van der Waals surface area (Å²) in [7, 11) is 3.25. The zero-order valence-electron chi connectivity index (χ0n) is 21.1. The lowest BCUT2D eigenvalue weighted by molar-refractivity contribution is -0.120. The predicted molar refractivity (Wildman–Crippen MR) is 142 cm³/mol. The van der Waals surface area contributed by atoms with Crippen LogP contribution in [0.3, 0.4) is 0 Å². The standard InChI is InChI=1S/C27H33N3O5S/c1-20-5-7-21(8-6-20)35-18-26(31)30(12-4-11-29-13-15-34-16-14-29)27-28-24(19-36-27)23-17-22(32-2)9-10-25(23)33-3/h5-10,17,19H,4,11-16,18H2,1-3H3. The number of hydrogen-bond donors (Lipinski definition) is 0. The minimum atomic E-state index is -0.129. The van der Waals surface area contributed by atoms with Gasteiger partial charge in [0.1, 0.15) is 17.2 Å². The lowest BCUT2D eigenvalue weighted by Crippen LogP contribution is -2.40. The number of carbonyl (C=O) groups is 1. The Hall–Kier alpha value is -3.14. The molecular weight excluding hydrogens is 478 g/mol. The van der Waals surface area contributed by atoms with Crippen molar-refractivity contribution in [1.82, 2.24) is 9.88 Å². The number of nitrogens with zero attached hydrogens (tertiary/aromatic N) is 3. The molecule has 36 heavy (non-hydrogen) atoms. The van der Waals surface area contributed by atoms with Crippen LogP contribution < -0.4 is 19.1 Å². The molecule has 1 aliphatic heterocycles. The molecule has 1 saturated heterocycles. The van der Waals surface area contributed by atoms with E-state index in [9.17, 15) is 4.79 Å². The topological polar surface area (TPSA) is 73.4 Å². The van der Waals surface area contributed by atoms with E-state index in [4.69, 9.17) is 23.9 Å². The van der Waals surface area contributed by atoms with E-state index in [0.29, 0.717) is 28.9 Å². The molecule has 4 rings (SSSR count). The average Bonchev–Trinajstić information content (AvgIpc) is 3.40. The number of carbonyl (C=O) groups excluding carboxylic acids is 1. The molecule has 192 valence electrons. The number of ether oxygens (including phenoxy) is 4. The van der Waals surface area contributed by atoms with Gasteiger partial charge in [0.05, 0.1) is 33.1 Å². The highest BCUT2D eigenvalue weighted by Gasteiger charge is 2.22. The fraction of sp³-hybridized carbons (Fsp3) is 0.407. The Bertz CT molecular complexity index is 1130. The Morgan fingerprint density at radius 2 is 1.83 bits per heavy atom. The first-order valence-corrected chi connectivity index (χ1v) is 12.9. The molecule has 0 saturated carbocycles. The van der Waals surface area contributed by atoms with Gasteiger partial charge in [0.2, 0.25) is 0 Å². The van der Waals surface area contributed by atoms with E-state index in [0.717, 1.165) is 56.1 Å². The Kier molecular flexibility index (Phi) is 9.16. The van der Waals surface area contributed by atoms with Crippen molar-refractivity contribution in [3.63, 3.8) is 0 Å². The van der Waals surface area contributed by atoms with Gasteiger partial charge in [0.25, 0.3) is 5.91 Å². The van der Waals surface area contributed by atoms with Crippen molar-refractivity contribution in [1.29, 1.82) is 0 Å². The number of aryl methyl sites for hydroxylation is 1. The predicted octanol–water partition coefficient (Wildman–Crippen LogP) is 4.27. The molecular formula is C27H33N3O5S. The van der Waals surface area contributed by atoms with Crippen molar-refractivity contribution >= 4 is 22.4 Å². The fourth-order valence-corrected chi connectivity index (χ4v) is 4.86. The first kappa shape index (κ1) is 25.9. The molecule has 8 nitrogen and oxygen atoms in total. The monoisotopic (exact) mass is 511 g/mol. The molecule has 3 aromatic rings. The highest BCUT2D eigenvalue weighted by atomic mass is 32.1. The normalized spacial score (nSPS) is 13.9. The number of amides is 1. The lowest BCUT2D eigenvalue weighted by atomic mass is 10.1. The largest absolute Gasteiger partial charge is 0.497 e. The second-order valence-electron chi connectivity index (χ2n) is 8.54. The van der Waals surface area contributed by atoms with Gasteiger partial charge in [-0.3, -0.25) is 14.6 Å². The van der Waals surface area contributed by atoms with Gasteiger partial charge in [-0.05, 0) is 43.7 Å². The van der Waals surface area contributed by atoms with Gasteiger partial charge in [-0.2, -0.15) is 0 Å². The molecule has 1 amide bonds. The number of hydrogen-bond acceptors (Lipinski definition) is 8. The lowest BCUT2D eigenvalue weighted by Gasteiger charge is -2.27. The minimum Gasteiger partial charge on any atom is -0.497 e. The maximum Gasteiger partial charge on any atom is 0.266 e. The fourth-order valence-electron chi connectivity index (χ4n) is 3.99. The Morgan fingerprint density at radius 3 is 2.56 bits per heavy atom. The van der Waals surface area contributed by atoms with Crippen molar-refractivity contribution in [3.05, 3.63) is 53.4 Å². The molecule has 2 aromatic carbocycles. The van der Waals surface area contributed by atoms with Gasteiger partial charge in [-0.25, -0.2) is 4.98 Å². The summed E-state index contributed by atoms with van der Waals surface area (Å²) in [6.07, 6.45) is 0.827. The second kappa shape index (κ2) is 12.7. The Balaban J connectivity index is 1.51. The van der Waals surface area contributed by atoms with Gasteiger partial charge in [-0.1, -0.05) is 17.7 Å². The van der Waals surface area contributed by atoms with Crippen LogP contribution >= 0.6 is 11.3 Å². The third-order valence-corrected chi connectivity index (χ3v) is 6.91. The number of methoxy groups -OCH3 is 2. The summed E-state index contributed by atoms with van der Waals surface area (Å²) in [6, 6.07) is 13.3. The van der Waals surface area contributed by atoms with Crippen molar-refractivity contribution < 1.29 is 23.7 Å². The number of aromatic nitrogens is 1. The molecule has 0 aliphatic carbocycles. The van der Waals surface area contributed by atoms with E-state index < -0.39 is 0 Å². The summed E-state index contributed by atoms with van der Waals surface area (Å²) in [5.74, 6) is 1.95. The molecule has 1 aromatic heterocycles. The molecule has 0 bridgehead atoms. The smallest absolute Gasteiger partial charge is 0.266 e. The Labute approximate surface area is 216 Å². The molecule has 1 aliphatic rings. The highest BCUT2D eigenvalue weighted by Crippen LogP contribution is 2.36. The molecule has 0 unspecified atom stereocenters. The third kappa shape index (κ3) is 6.75. The highest BCUT2D eigenvalue weighted by molar-refractivity contribution is 7.14. The van der Waals surface area contributed by atoms with E-state index in [1.54, 1.807) is 19.1 Å². The summed E-state index contributed by atoms with van der Waals surface area (Å²) < 4.78 is 22.2. The van der Waals surface area contributed by atoms with Crippen molar-refractivity contribution in [2.24, 2.45) is 0 Å². The van der Waals surface area contributed by atoms with Gasteiger partial charge in [0, 0.05) is 37.1 Å². The van der Waals surface area contributed by atoms with Crippen LogP contribution in [0.4, 0.5) is 5.13 Å². The summed E-state index contributed by atoms with van der Waals surface area (Å²) >= 11 is 1.43. The van der Waals surface area contributed by atoms with E-state index in [2.05, 4.69) is 4.90 Å². The second-order valence-corrected chi connectivity index (χ2v) is 9.37. The van der Waals surface area contributed by atoms with E-state index in [1.165, 1.54) is 11.3 Å². The zero-order chi connectivity index (χ0) is 25.3. The van der Waals surface area contributed by atoms with Crippen LogP contribution in [-0.4, -0.2) is 76.0 Å². The molecule has 1 fully saturated rings. The maximum atomic E-state index is 13.3. The van der Waals surface area contributed by atoms with Gasteiger partial charge < -0.3 is 18.9 Å². The first-order chi connectivity index (χ1) is 17.6. The third-order valence-electron chi connectivity index (χ3n) is 6.05. The molecule has 9 heteroatoms. The van der Waals surface area contributed by atoms with Crippen LogP contribution in [0.2, 0.25) is 0 Å². The number of morpholine rings is 1. The number of thiazole rings is 1. The zero-order valence-corrected chi connectivity index (χ0v) is 21.9. The summed E-state index contributed by atoms with van der Waals surface area (Å²) in [5.41, 5.74) is 2.69. The number of anilines is 1. The molecule has 0 atom stereocenters. The van der Waals surface area contributed by atoms with Crippen molar-refractivity contribution in [2.75, 3.05) is 65.1 Å². The van der Waals surface area contributed by atoms with E-state index >= 15 is 0 Å². The molecule has 0 radical (unpaired) electrons. The van der Waals surface area contributed by atoms with Crippen molar-refractivity contribution in [2.45, 2.75) is 13.3 Å². The number of benzene rings is 2. The van der Waals surface area contributed by atoms with Crippen molar-refractivity contribution in [3.8, 4) is 28.5 Å². The van der Waals surface area contributed by atoms with Crippen LogP contribution in [0.15, 0.2) is 47.8 Å². The summed E-state index contributed by atoms with van der Waals surface area (Å²) in [4.78, 5) is 22.2. The molecule has 2 heterocycles. The first-order valence-electron chi connectivity index (χ1n) is 12.0. The summed E-state index contributed by atoms with van der Waals surface area (Å²) in [6.45, 7) is 6.75. The quantitative estimate of drug-likeness (QED) is 0.381. The van der Waals surface area contributed by atoms with Gasteiger partial charge in [-0.15, -0.1) is 11.3 Å². The number of rotatable bonds is 11. The SMILES string of the molecule is COc1ccc(OC)c(-c2csc(N(CCCN3CCOCC3)C(=O)COc3ccc(C)cc3)n2)c1. The average molecular weight is 512 g/mol. The minimum absolute atomic E-state index is 0.0575. The van der Waals surface area contributed by atoms with Crippen LogP contribution in [0.1, 0.15) is 12.0 Å². The van der Waals surface area contributed by atoms with Crippen LogP contribution in [0, 0.1) is 6.92 Å².